The van der Waals surface area contributed by atoms with Crippen molar-refractivity contribution in [3.63, 3.8) is 0 Å². The summed E-state index contributed by atoms with van der Waals surface area (Å²) >= 11 is 11.7. The monoisotopic (exact) mass is 285 g/mol. The van der Waals surface area contributed by atoms with E-state index < -0.39 is 6.03 Å². The number of hydrogen-bond donors (Lipinski definition) is 3. The topological polar surface area (TPSA) is 82.7 Å². The van der Waals surface area contributed by atoms with Gasteiger partial charge in [0, 0.05) is 5.02 Å². The Morgan fingerprint density at radius 2 is 2.22 bits per heavy atom. The van der Waals surface area contributed by atoms with Crippen molar-refractivity contribution in [2.45, 2.75) is 6.54 Å². The number of carbonyl (C=O) groups excluding carboxylic acids is 1. The van der Waals surface area contributed by atoms with Gasteiger partial charge in [-0.25, -0.2) is 9.78 Å². The van der Waals surface area contributed by atoms with Crippen LogP contribution in [-0.4, -0.2) is 21.2 Å². The summed E-state index contributed by atoms with van der Waals surface area (Å²) in [5, 5.41) is 12.4. The Morgan fingerprint density at radius 1 is 1.39 bits per heavy atom. The van der Waals surface area contributed by atoms with Crippen molar-refractivity contribution in [3.05, 3.63) is 40.4 Å². The first-order valence-electron chi connectivity index (χ1n) is 4.99. The van der Waals surface area contributed by atoms with Gasteiger partial charge in [0.1, 0.15) is 12.2 Å². The van der Waals surface area contributed by atoms with E-state index in [9.17, 15) is 4.79 Å². The average Bonchev–Trinajstić information content (AvgIpc) is 2.84. The molecule has 0 fully saturated rings. The fraction of sp³-hybridized carbons (Fsp3) is 0.100. The van der Waals surface area contributed by atoms with E-state index in [2.05, 4.69) is 25.8 Å². The summed E-state index contributed by atoms with van der Waals surface area (Å²) in [6, 6.07) is 4.41. The van der Waals surface area contributed by atoms with Gasteiger partial charge in [-0.1, -0.05) is 23.2 Å². The lowest BCUT2D eigenvalue weighted by Crippen LogP contribution is -2.28. The van der Waals surface area contributed by atoms with E-state index in [1.54, 1.807) is 18.2 Å². The number of aromatic nitrogens is 3. The van der Waals surface area contributed by atoms with Crippen molar-refractivity contribution in [1.82, 2.24) is 20.5 Å². The predicted molar refractivity (Wildman–Crippen MR) is 68.7 cm³/mol. The van der Waals surface area contributed by atoms with Crippen LogP contribution in [0.1, 0.15) is 5.82 Å². The van der Waals surface area contributed by atoms with Crippen LogP contribution in [0.2, 0.25) is 10.0 Å². The Balaban J connectivity index is 1.92. The molecule has 0 bridgehead atoms. The van der Waals surface area contributed by atoms with Gasteiger partial charge in [0.25, 0.3) is 0 Å². The van der Waals surface area contributed by atoms with Crippen LogP contribution in [0.3, 0.4) is 0 Å². The maximum Gasteiger partial charge on any atom is 0.319 e. The van der Waals surface area contributed by atoms with Crippen LogP contribution in [0, 0.1) is 0 Å². The zero-order valence-corrected chi connectivity index (χ0v) is 10.6. The fourth-order valence-corrected chi connectivity index (χ4v) is 1.58. The number of hydrogen-bond acceptors (Lipinski definition) is 3. The van der Waals surface area contributed by atoms with Gasteiger partial charge < -0.3 is 10.6 Å². The molecule has 0 radical (unpaired) electrons. The average molecular weight is 286 g/mol. The zero-order chi connectivity index (χ0) is 13.0. The first-order valence-corrected chi connectivity index (χ1v) is 5.75. The number of H-pyrrole nitrogens is 1. The molecule has 0 aliphatic rings. The molecule has 0 unspecified atom stereocenters. The first kappa shape index (κ1) is 12.7. The molecule has 6 nitrogen and oxygen atoms in total. The lowest BCUT2D eigenvalue weighted by molar-refractivity contribution is 0.251. The first-order chi connectivity index (χ1) is 8.65. The zero-order valence-electron chi connectivity index (χ0n) is 9.08. The largest absolute Gasteiger partial charge is 0.331 e. The minimum absolute atomic E-state index is 0.240. The number of nitrogens with zero attached hydrogens (tertiary/aromatic N) is 2. The van der Waals surface area contributed by atoms with Crippen LogP contribution in [0.15, 0.2) is 24.5 Å². The molecule has 0 spiro atoms. The second kappa shape index (κ2) is 5.70. The van der Waals surface area contributed by atoms with E-state index in [0.717, 1.165) is 0 Å². The molecule has 0 aliphatic carbocycles. The molecule has 94 valence electrons. The number of halogens is 2. The summed E-state index contributed by atoms with van der Waals surface area (Å²) in [5.41, 5.74) is 0.444. The van der Waals surface area contributed by atoms with Gasteiger partial charge in [-0.05, 0) is 18.2 Å². The minimum Gasteiger partial charge on any atom is -0.331 e. The number of aromatic amines is 1. The minimum atomic E-state index is -0.407. The van der Waals surface area contributed by atoms with Crippen molar-refractivity contribution in [2.75, 3.05) is 5.32 Å². The third-order valence-corrected chi connectivity index (χ3v) is 2.62. The Hall–Kier alpha value is -1.79. The van der Waals surface area contributed by atoms with Gasteiger partial charge in [0.15, 0.2) is 0 Å². The maximum atomic E-state index is 11.6. The molecule has 1 heterocycles. The summed E-state index contributed by atoms with van der Waals surface area (Å²) in [7, 11) is 0. The molecule has 2 aromatic rings. The molecular formula is C10H9Cl2N5O. The number of rotatable bonds is 3. The standard InChI is InChI=1S/C10H9Cl2N5O/c11-6-1-2-7(12)8(3-6)16-10(18)13-4-9-14-5-15-17-9/h1-3,5H,4H2,(H2,13,16,18)(H,14,15,17). The van der Waals surface area contributed by atoms with Crippen LogP contribution >= 0.6 is 23.2 Å². The summed E-state index contributed by atoms with van der Waals surface area (Å²) in [4.78, 5) is 15.5. The van der Waals surface area contributed by atoms with Gasteiger partial charge in [-0.3, -0.25) is 5.10 Å². The molecule has 18 heavy (non-hydrogen) atoms. The van der Waals surface area contributed by atoms with Crippen molar-refractivity contribution in [3.8, 4) is 0 Å². The van der Waals surface area contributed by atoms with Crippen LogP contribution in [-0.2, 0) is 6.54 Å². The molecule has 0 aliphatic heterocycles. The van der Waals surface area contributed by atoms with Gasteiger partial charge >= 0.3 is 6.03 Å². The van der Waals surface area contributed by atoms with E-state index in [-0.39, 0.29) is 6.54 Å². The van der Waals surface area contributed by atoms with E-state index in [0.29, 0.717) is 21.6 Å². The van der Waals surface area contributed by atoms with Crippen molar-refractivity contribution in [2.24, 2.45) is 0 Å². The maximum absolute atomic E-state index is 11.6. The lowest BCUT2D eigenvalue weighted by Gasteiger charge is -2.08. The quantitative estimate of drug-likeness (QED) is 0.810. The van der Waals surface area contributed by atoms with Crippen LogP contribution in [0.5, 0.6) is 0 Å². The smallest absolute Gasteiger partial charge is 0.319 e. The van der Waals surface area contributed by atoms with E-state index in [1.165, 1.54) is 6.33 Å². The number of anilines is 1. The van der Waals surface area contributed by atoms with Gasteiger partial charge in [-0.2, -0.15) is 5.10 Å². The highest BCUT2D eigenvalue weighted by atomic mass is 35.5. The molecule has 3 N–H and O–H groups in total. The molecule has 0 saturated carbocycles. The summed E-state index contributed by atoms with van der Waals surface area (Å²) in [6.45, 7) is 0.240. The van der Waals surface area contributed by atoms with Crippen LogP contribution in [0.25, 0.3) is 0 Å². The predicted octanol–water partition coefficient (Wildman–Crippen LogP) is 2.43. The van der Waals surface area contributed by atoms with E-state index >= 15 is 0 Å². The Kier molecular flexibility index (Phi) is 4.01. The Labute approximate surface area is 113 Å². The molecule has 2 rings (SSSR count). The molecular weight excluding hydrogens is 277 g/mol. The Morgan fingerprint density at radius 3 is 2.94 bits per heavy atom. The normalized spacial score (nSPS) is 10.1. The fourth-order valence-electron chi connectivity index (χ4n) is 1.24. The third kappa shape index (κ3) is 3.35. The molecule has 1 aromatic carbocycles. The van der Waals surface area contributed by atoms with Gasteiger partial charge in [-0.15, -0.1) is 0 Å². The van der Waals surface area contributed by atoms with Crippen LogP contribution < -0.4 is 10.6 Å². The van der Waals surface area contributed by atoms with Crippen molar-refractivity contribution >= 4 is 34.9 Å². The lowest BCUT2D eigenvalue weighted by atomic mass is 10.3. The molecule has 1 aromatic heterocycles. The number of urea groups is 1. The Bertz CT molecular complexity index is 543. The molecule has 2 amide bonds. The van der Waals surface area contributed by atoms with E-state index in [1.807, 2.05) is 0 Å². The number of carbonyl (C=O) groups is 1. The second-order valence-electron chi connectivity index (χ2n) is 3.36. The van der Waals surface area contributed by atoms with Gasteiger partial charge in [0.2, 0.25) is 0 Å². The van der Waals surface area contributed by atoms with E-state index in [4.69, 9.17) is 23.2 Å². The molecule has 8 heteroatoms. The molecule has 0 saturated heterocycles. The summed E-state index contributed by atoms with van der Waals surface area (Å²) < 4.78 is 0. The number of nitrogens with one attached hydrogen (secondary N) is 3. The number of amides is 2. The third-order valence-electron chi connectivity index (χ3n) is 2.06. The van der Waals surface area contributed by atoms with Crippen molar-refractivity contribution < 1.29 is 4.79 Å². The second-order valence-corrected chi connectivity index (χ2v) is 4.21. The summed E-state index contributed by atoms with van der Waals surface area (Å²) in [6.07, 6.45) is 1.36. The van der Waals surface area contributed by atoms with Crippen LogP contribution in [0.4, 0.5) is 10.5 Å². The SMILES string of the molecule is O=C(NCc1ncn[nH]1)Nc1cc(Cl)ccc1Cl. The van der Waals surface area contributed by atoms with Gasteiger partial charge in [0.05, 0.1) is 17.3 Å². The highest BCUT2D eigenvalue weighted by molar-refractivity contribution is 6.35. The van der Waals surface area contributed by atoms with Crippen molar-refractivity contribution in [1.29, 1.82) is 0 Å². The molecule has 0 atom stereocenters. The highest BCUT2D eigenvalue weighted by Gasteiger charge is 2.06. The highest BCUT2D eigenvalue weighted by Crippen LogP contribution is 2.25. The summed E-state index contributed by atoms with van der Waals surface area (Å²) in [5.74, 6) is 0.558. The number of benzene rings is 1.